The Morgan fingerprint density at radius 3 is 1.67 bits per heavy atom. The maximum absolute atomic E-state index is 2.44. The van der Waals surface area contributed by atoms with Crippen LogP contribution in [0, 0.1) is 5.92 Å². The first-order valence-electron chi connectivity index (χ1n) is 10.2. The van der Waals surface area contributed by atoms with Crippen LogP contribution in [0.1, 0.15) is 103 Å². The molecule has 0 aliphatic heterocycles. The monoisotopic (exact) mass is 308 g/mol. The average Bonchev–Trinajstić information content (AvgIpc) is 2.57. The third-order valence-electron chi connectivity index (χ3n) is 6.75. The molecule has 0 N–H and O–H groups in total. The number of hydrogen-bond acceptors (Lipinski definition) is 0. The molecule has 0 aromatic heterocycles. The molecule has 122 valence electrons. The van der Waals surface area contributed by atoms with Gasteiger partial charge in [-0.05, 0) is 61.4 Å². The highest BCUT2D eigenvalue weighted by molar-refractivity contribution is 7.60. The van der Waals surface area contributed by atoms with Gasteiger partial charge in [0, 0.05) is 0 Å². The van der Waals surface area contributed by atoms with Crippen LogP contribution < -0.4 is 0 Å². The lowest BCUT2D eigenvalue weighted by atomic mass is 9.87. The van der Waals surface area contributed by atoms with Gasteiger partial charge in [0.15, 0.2) is 0 Å². The van der Waals surface area contributed by atoms with Crippen molar-refractivity contribution in [2.24, 2.45) is 5.92 Å². The predicted molar refractivity (Wildman–Crippen MR) is 96.7 cm³/mol. The fourth-order valence-electron chi connectivity index (χ4n) is 5.56. The predicted octanol–water partition coefficient (Wildman–Crippen LogP) is 7.10. The molecule has 2 atom stereocenters. The topological polar surface area (TPSA) is 0 Å². The van der Waals surface area contributed by atoms with Gasteiger partial charge >= 0.3 is 0 Å². The van der Waals surface area contributed by atoms with Gasteiger partial charge in [-0.1, -0.05) is 72.6 Å². The molecule has 2 unspecified atom stereocenters. The van der Waals surface area contributed by atoms with E-state index in [1.807, 2.05) is 0 Å². The van der Waals surface area contributed by atoms with Crippen LogP contribution in [0.3, 0.4) is 0 Å². The Hall–Kier alpha value is 0.430. The van der Waals surface area contributed by atoms with Crippen molar-refractivity contribution >= 4 is 7.92 Å². The summed E-state index contributed by atoms with van der Waals surface area (Å²) in [6, 6.07) is 0. The molecule has 0 bridgehead atoms. The molecule has 0 amide bonds. The van der Waals surface area contributed by atoms with Gasteiger partial charge in [0.2, 0.25) is 0 Å². The van der Waals surface area contributed by atoms with Crippen LogP contribution in [0.15, 0.2) is 0 Å². The molecule has 0 aromatic carbocycles. The van der Waals surface area contributed by atoms with Gasteiger partial charge in [-0.25, -0.2) is 0 Å². The molecular weight excluding hydrogens is 271 g/mol. The summed E-state index contributed by atoms with van der Waals surface area (Å²) >= 11 is 0. The Morgan fingerprint density at radius 1 is 0.619 bits per heavy atom. The van der Waals surface area contributed by atoms with Crippen molar-refractivity contribution in [2.45, 2.75) is 120 Å². The van der Waals surface area contributed by atoms with Crippen molar-refractivity contribution in [3.8, 4) is 0 Å². The van der Waals surface area contributed by atoms with E-state index in [0.29, 0.717) is 7.92 Å². The minimum absolute atomic E-state index is 0.353. The van der Waals surface area contributed by atoms with Crippen LogP contribution >= 0.6 is 7.92 Å². The Labute approximate surface area is 134 Å². The normalized spacial score (nSPS) is 33.4. The molecule has 0 heterocycles. The lowest BCUT2D eigenvalue weighted by molar-refractivity contribution is 0.349. The van der Waals surface area contributed by atoms with Gasteiger partial charge in [0.05, 0.1) is 0 Å². The first kappa shape index (κ1) is 16.3. The van der Waals surface area contributed by atoms with E-state index in [-0.39, 0.29) is 0 Å². The van der Waals surface area contributed by atoms with Crippen molar-refractivity contribution in [1.82, 2.24) is 0 Å². The third kappa shape index (κ3) is 4.25. The van der Waals surface area contributed by atoms with Crippen molar-refractivity contribution in [3.05, 3.63) is 0 Å². The van der Waals surface area contributed by atoms with Crippen molar-refractivity contribution in [3.63, 3.8) is 0 Å². The Morgan fingerprint density at radius 2 is 1.14 bits per heavy atom. The maximum Gasteiger partial charge on any atom is -0.0202 e. The highest BCUT2D eigenvalue weighted by Crippen LogP contribution is 2.62. The standard InChI is InChI=1S/C20H37P/c1-2-17-10-9-15-20(16-17)21(18-11-5-3-6-12-18)19-13-7-4-8-14-19/h17-20H,2-16H2,1H3. The molecule has 0 spiro atoms. The number of rotatable bonds is 4. The zero-order valence-electron chi connectivity index (χ0n) is 14.4. The zero-order chi connectivity index (χ0) is 14.5. The molecule has 0 radical (unpaired) electrons. The van der Waals surface area contributed by atoms with Crippen molar-refractivity contribution in [2.75, 3.05) is 0 Å². The highest BCUT2D eigenvalue weighted by Gasteiger charge is 2.37. The largest absolute Gasteiger partial charge is 0.0971 e. The average molecular weight is 308 g/mol. The van der Waals surface area contributed by atoms with E-state index in [4.69, 9.17) is 0 Å². The first-order chi connectivity index (χ1) is 10.4. The fraction of sp³-hybridized carbons (Fsp3) is 1.00. The second-order valence-corrected chi connectivity index (χ2v) is 11.2. The quantitative estimate of drug-likeness (QED) is 0.486. The van der Waals surface area contributed by atoms with E-state index in [1.54, 1.807) is 77.0 Å². The second kappa shape index (κ2) is 8.33. The number of hydrogen-bond donors (Lipinski definition) is 0. The van der Waals surface area contributed by atoms with E-state index in [9.17, 15) is 0 Å². The van der Waals surface area contributed by atoms with E-state index in [1.165, 1.54) is 36.2 Å². The smallest absolute Gasteiger partial charge is 0.0202 e. The summed E-state index contributed by atoms with van der Waals surface area (Å²) in [5, 5.41) is 0. The molecule has 1 heteroatoms. The van der Waals surface area contributed by atoms with Crippen LogP contribution in [0.5, 0.6) is 0 Å². The minimum atomic E-state index is 0.353. The minimum Gasteiger partial charge on any atom is -0.0971 e. The van der Waals surface area contributed by atoms with Gasteiger partial charge < -0.3 is 0 Å². The van der Waals surface area contributed by atoms with Gasteiger partial charge in [-0.3, -0.25) is 0 Å². The molecule has 3 fully saturated rings. The van der Waals surface area contributed by atoms with Gasteiger partial charge in [-0.2, -0.15) is 0 Å². The van der Waals surface area contributed by atoms with Crippen LogP contribution in [0.25, 0.3) is 0 Å². The molecule has 0 aromatic rings. The summed E-state index contributed by atoms with van der Waals surface area (Å²) in [5.74, 6) is 1.08. The Kier molecular flexibility index (Phi) is 6.46. The third-order valence-corrected chi connectivity index (χ3v) is 10.8. The van der Waals surface area contributed by atoms with Crippen LogP contribution in [-0.2, 0) is 0 Å². The fourth-order valence-corrected chi connectivity index (χ4v) is 10.3. The molecule has 0 saturated heterocycles. The van der Waals surface area contributed by atoms with E-state index in [2.05, 4.69) is 6.92 Å². The molecule has 0 nitrogen and oxygen atoms in total. The van der Waals surface area contributed by atoms with Gasteiger partial charge in [0.25, 0.3) is 0 Å². The van der Waals surface area contributed by atoms with E-state index in [0.717, 1.165) is 5.92 Å². The summed E-state index contributed by atoms with van der Waals surface area (Å²) in [5.41, 5.74) is 3.53. The molecule has 21 heavy (non-hydrogen) atoms. The van der Waals surface area contributed by atoms with Gasteiger partial charge in [0.1, 0.15) is 0 Å². The molecule has 3 rings (SSSR count). The van der Waals surface area contributed by atoms with Crippen molar-refractivity contribution in [1.29, 1.82) is 0 Å². The molecule has 3 saturated carbocycles. The van der Waals surface area contributed by atoms with Gasteiger partial charge in [-0.15, -0.1) is 0 Å². The Bertz CT molecular complexity index is 270. The van der Waals surface area contributed by atoms with Crippen LogP contribution in [-0.4, -0.2) is 17.0 Å². The lowest BCUT2D eigenvalue weighted by Crippen LogP contribution is -2.30. The molecule has 3 aliphatic carbocycles. The van der Waals surface area contributed by atoms with Crippen LogP contribution in [0.2, 0.25) is 0 Å². The summed E-state index contributed by atoms with van der Waals surface area (Å²) < 4.78 is 0. The first-order valence-corrected chi connectivity index (χ1v) is 11.7. The zero-order valence-corrected chi connectivity index (χ0v) is 15.3. The van der Waals surface area contributed by atoms with Crippen LogP contribution in [0.4, 0.5) is 0 Å². The summed E-state index contributed by atoms with van der Waals surface area (Å²) in [4.78, 5) is 0. The lowest BCUT2D eigenvalue weighted by Gasteiger charge is -2.45. The second-order valence-electron chi connectivity index (χ2n) is 8.13. The van der Waals surface area contributed by atoms with E-state index >= 15 is 0 Å². The summed E-state index contributed by atoms with van der Waals surface area (Å²) in [7, 11) is 0.353. The summed E-state index contributed by atoms with van der Waals surface area (Å²) in [6.07, 6.45) is 23.5. The SMILES string of the molecule is CCC1CCCC(P(C2CCCCC2)C2CCCCC2)C1. The molecular formula is C20H37P. The summed E-state index contributed by atoms with van der Waals surface area (Å²) in [6.45, 7) is 2.44. The Balaban J connectivity index is 1.70. The van der Waals surface area contributed by atoms with E-state index < -0.39 is 0 Å². The maximum atomic E-state index is 2.44. The highest BCUT2D eigenvalue weighted by atomic mass is 31.1. The molecule has 3 aliphatic rings. The van der Waals surface area contributed by atoms with Crippen molar-refractivity contribution < 1.29 is 0 Å².